The number of morpholine rings is 1. The number of likely N-dealkylation sites (tertiary alicyclic amines) is 1. The van der Waals surface area contributed by atoms with Gasteiger partial charge in [0.15, 0.2) is 0 Å². The number of carbonyl (C=O) groups is 3. The van der Waals surface area contributed by atoms with Gasteiger partial charge in [0.25, 0.3) is 5.91 Å². The number of rotatable bonds is 12. The third kappa shape index (κ3) is 8.26. The molecule has 0 spiro atoms. The highest BCUT2D eigenvalue weighted by Crippen LogP contribution is 2.33. The molecule has 0 radical (unpaired) electrons. The molecule has 3 amide bonds. The summed E-state index contributed by atoms with van der Waals surface area (Å²) in [7, 11) is -1.26. The van der Waals surface area contributed by atoms with Crippen molar-refractivity contribution < 1.29 is 23.9 Å². The number of fused-ring (bicyclic) bond motifs is 1. The first-order valence-corrected chi connectivity index (χ1v) is 20.6. The molecule has 14 heteroatoms. The summed E-state index contributed by atoms with van der Waals surface area (Å²) in [5, 5.41) is 6.70. The molecule has 2 N–H and O–H groups in total. The summed E-state index contributed by atoms with van der Waals surface area (Å²) in [6.07, 6.45) is 4.90. The van der Waals surface area contributed by atoms with E-state index in [9.17, 15) is 14.4 Å². The lowest BCUT2D eigenvalue weighted by atomic mass is 10.1. The summed E-state index contributed by atoms with van der Waals surface area (Å²) in [5.74, 6) is -0.174. The molecule has 2 saturated heterocycles. The standard InChI is InChI=1S/C36H44N8O5Si/c1-5-32(45)43-13-12-26(22-43)35(46)41-28-10-11-30(37-21-28)36(47)40-27-8-6-25(7-9-27)31-20-29-33(42-14-16-48-17-15-42)38-23-39-34(29)44(31)24-49-18-19-50(2,3)4/h5-11,20-21,23,26H,1,12-19,22,24H2,2-4H3,(H,40,47)(H,41,46)/t26-/m0/s1. The van der Waals surface area contributed by atoms with Gasteiger partial charge in [-0.05, 0) is 54.4 Å². The zero-order valence-electron chi connectivity index (χ0n) is 28.9. The first kappa shape index (κ1) is 34.9. The predicted molar refractivity (Wildman–Crippen MR) is 196 cm³/mol. The van der Waals surface area contributed by atoms with Crippen LogP contribution in [0.15, 0.2) is 67.6 Å². The fourth-order valence-electron chi connectivity index (χ4n) is 6.05. The summed E-state index contributed by atoms with van der Waals surface area (Å²) in [5.41, 5.74) is 3.99. The molecule has 0 saturated carbocycles. The molecule has 3 aromatic heterocycles. The van der Waals surface area contributed by atoms with Crippen molar-refractivity contribution in [1.29, 1.82) is 0 Å². The molecule has 0 aliphatic carbocycles. The van der Waals surface area contributed by atoms with Crippen LogP contribution in [0.3, 0.4) is 0 Å². The Labute approximate surface area is 292 Å². The van der Waals surface area contributed by atoms with E-state index < -0.39 is 8.07 Å². The topological polar surface area (TPSA) is 144 Å². The molecular formula is C36H44N8O5Si. The van der Waals surface area contributed by atoms with Gasteiger partial charge in [0.2, 0.25) is 11.8 Å². The summed E-state index contributed by atoms with van der Waals surface area (Å²) in [4.78, 5) is 55.1. The second kappa shape index (κ2) is 15.3. The maximum absolute atomic E-state index is 13.1. The van der Waals surface area contributed by atoms with Gasteiger partial charge in [-0.25, -0.2) is 15.0 Å². The minimum absolute atomic E-state index is 0.180. The van der Waals surface area contributed by atoms with Crippen molar-refractivity contribution in [2.24, 2.45) is 5.92 Å². The molecule has 1 atom stereocenters. The Bertz CT molecular complexity index is 1850. The van der Waals surface area contributed by atoms with Crippen LogP contribution in [0.1, 0.15) is 16.9 Å². The number of ether oxygens (including phenoxy) is 2. The van der Waals surface area contributed by atoms with Crippen LogP contribution in [0.2, 0.25) is 25.7 Å². The van der Waals surface area contributed by atoms with Crippen molar-refractivity contribution in [3.8, 4) is 11.3 Å². The molecule has 2 aliphatic rings. The largest absolute Gasteiger partial charge is 0.378 e. The van der Waals surface area contributed by atoms with Gasteiger partial charge in [-0.3, -0.25) is 14.4 Å². The van der Waals surface area contributed by atoms with Crippen molar-refractivity contribution in [1.82, 2.24) is 24.4 Å². The second-order valence-electron chi connectivity index (χ2n) is 13.8. The van der Waals surface area contributed by atoms with E-state index in [1.54, 1.807) is 23.4 Å². The molecule has 0 bridgehead atoms. The van der Waals surface area contributed by atoms with Crippen LogP contribution >= 0.6 is 0 Å². The lowest BCUT2D eigenvalue weighted by Crippen LogP contribution is -2.36. The van der Waals surface area contributed by atoms with E-state index in [-0.39, 0.29) is 29.3 Å². The molecule has 50 heavy (non-hydrogen) atoms. The van der Waals surface area contributed by atoms with E-state index in [1.807, 2.05) is 24.3 Å². The lowest BCUT2D eigenvalue weighted by molar-refractivity contribution is -0.125. The average molecular weight is 697 g/mol. The molecule has 0 unspecified atom stereocenters. The van der Waals surface area contributed by atoms with Gasteiger partial charge in [0.05, 0.1) is 42.1 Å². The molecule has 2 aliphatic heterocycles. The number of pyridine rings is 1. The van der Waals surface area contributed by atoms with Crippen molar-refractivity contribution in [3.63, 3.8) is 0 Å². The van der Waals surface area contributed by atoms with E-state index >= 15 is 0 Å². The first-order valence-electron chi connectivity index (χ1n) is 16.9. The fourth-order valence-corrected chi connectivity index (χ4v) is 6.81. The number of nitrogens with zero attached hydrogens (tertiary/aromatic N) is 6. The van der Waals surface area contributed by atoms with Crippen molar-refractivity contribution in [2.75, 3.05) is 61.5 Å². The number of benzene rings is 1. The Morgan fingerprint density at radius 2 is 1.76 bits per heavy atom. The molecule has 2 fully saturated rings. The van der Waals surface area contributed by atoms with Crippen LogP contribution in [0.5, 0.6) is 0 Å². The van der Waals surface area contributed by atoms with E-state index in [4.69, 9.17) is 9.47 Å². The molecule has 5 heterocycles. The maximum atomic E-state index is 13.1. The quantitative estimate of drug-likeness (QED) is 0.121. The Morgan fingerprint density at radius 1 is 1.00 bits per heavy atom. The number of carbonyl (C=O) groups excluding carboxylic acids is 3. The van der Waals surface area contributed by atoms with E-state index in [0.717, 1.165) is 47.2 Å². The number of hydrogen-bond acceptors (Lipinski definition) is 9. The van der Waals surface area contributed by atoms with Crippen LogP contribution in [0.25, 0.3) is 22.3 Å². The smallest absolute Gasteiger partial charge is 0.274 e. The minimum Gasteiger partial charge on any atom is -0.378 e. The number of anilines is 3. The summed E-state index contributed by atoms with van der Waals surface area (Å²) in [6.45, 7) is 15.3. The van der Waals surface area contributed by atoms with E-state index in [2.05, 4.69) is 67.3 Å². The van der Waals surface area contributed by atoms with Crippen molar-refractivity contribution >= 4 is 54.0 Å². The molecule has 6 rings (SSSR count). The maximum Gasteiger partial charge on any atom is 0.274 e. The zero-order chi connectivity index (χ0) is 35.3. The van der Waals surface area contributed by atoms with Gasteiger partial charge in [0, 0.05) is 46.5 Å². The highest BCUT2D eigenvalue weighted by atomic mass is 28.3. The van der Waals surface area contributed by atoms with Gasteiger partial charge < -0.3 is 34.5 Å². The number of aromatic nitrogens is 4. The SMILES string of the molecule is C=CC(=O)N1CC[C@H](C(=O)Nc2ccc(C(=O)Nc3ccc(-c4cc5c(N6CCOCC6)ncnc5n4COCC[Si](C)(C)C)cc3)nc2)C1. The summed E-state index contributed by atoms with van der Waals surface area (Å²) < 4.78 is 13.9. The molecule has 262 valence electrons. The van der Waals surface area contributed by atoms with E-state index in [1.165, 1.54) is 12.3 Å². The summed E-state index contributed by atoms with van der Waals surface area (Å²) >= 11 is 0. The van der Waals surface area contributed by atoms with Gasteiger partial charge in [-0.1, -0.05) is 38.4 Å². The minimum atomic E-state index is -1.26. The third-order valence-corrected chi connectivity index (χ3v) is 10.6. The van der Waals surface area contributed by atoms with Gasteiger partial charge in [-0.2, -0.15) is 0 Å². The van der Waals surface area contributed by atoms with Crippen LogP contribution in [-0.2, 0) is 25.8 Å². The van der Waals surface area contributed by atoms with Crippen LogP contribution in [0, 0.1) is 5.92 Å². The molecular weight excluding hydrogens is 653 g/mol. The Kier molecular flexibility index (Phi) is 10.7. The zero-order valence-corrected chi connectivity index (χ0v) is 29.9. The van der Waals surface area contributed by atoms with Crippen molar-refractivity contribution in [2.45, 2.75) is 38.8 Å². The average Bonchev–Trinajstić information content (AvgIpc) is 3.76. The predicted octanol–water partition coefficient (Wildman–Crippen LogP) is 4.87. The Morgan fingerprint density at radius 3 is 2.46 bits per heavy atom. The number of nitrogens with one attached hydrogen (secondary N) is 2. The van der Waals surface area contributed by atoms with Gasteiger partial charge >= 0.3 is 0 Å². The number of hydrogen-bond donors (Lipinski definition) is 2. The highest BCUT2D eigenvalue weighted by molar-refractivity contribution is 6.76. The normalized spacial score (nSPS) is 16.4. The lowest BCUT2D eigenvalue weighted by Gasteiger charge is -2.28. The monoisotopic (exact) mass is 696 g/mol. The van der Waals surface area contributed by atoms with E-state index in [0.29, 0.717) is 57.4 Å². The van der Waals surface area contributed by atoms with Gasteiger partial charge in [0.1, 0.15) is 30.2 Å². The fraction of sp³-hybridized carbons (Fsp3) is 0.389. The number of amides is 3. The van der Waals surface area contributed by atoms with Gasteiger partial charge in [-0.15, -0.1) is 0 Å². The summed E-state index contributed by atoms with van der Waals surface area (Å²) in [6, 6.07) is 14.0. The van der Waals surface area contributed by atoms with Crippen LogP contribution < -0.4 is 15.5 Å². The molecule has 1 aromatic carbocycles. The molecule has 13 nitrogen and oxygen atoms in total. The second-order valence-corrected chi connectivity index (χ2v) is 19.4. The Hall–Kier alpha value is -4.92. The molecule has 4 aromatic rings. The Balaban J connectivity index is 1.14. The third-order valence-electron chi connectivity index (χ3n) is 8.94. The highest BCUT2D eigenvalue weighted by Gasteiger charge is 2.30. The van der Waals surface area contributed by atoms with Crippen LogP contribution in [-0.4, -0.2) is 96.2 Å². The first-order chi connectivity index (χ1) is 24.1. The van der Waals surface area contributed by atoms with Crippen LogP contribution in [0.4, 0.5) is 17.2 Å². The van der Waals surface area contributed by atoms with Crippen molar-refractivity contribution in [3.05, 3.63) is 73.3 Å².